The second-order valence-corrected chi connectivity index (χ2v) is 5.01. The van der Waals surface area contributed by atoms with E-state index >= 15 is 0 Å². The lowest BCUT2D eigenvalue weighted by molar-refractivity contribution is 0.988. The average molecular weight is 256 g/mol. The van der Waals surface area contributed by atoms with E-state index in [9.17, 15) is 0 Å². The summed E-state index contributed by atoms with van der Waals surface area (Å²) in [4.78, 5) is 5.72. The van der Waals surface area contributed by atoms with Crippen molar-refractivity contribution in [3.05, 3.63) is 46.2 Å². The van der Waals surface area contributed by atoms with E-state index in [1.165, 1.54) is 10.4 Å². The quantitative estimate of drug-likeness (QED) is 0.782. The molecule has 0 spiro atoms. The van der Waals surface area contributed by atoms with E-state index in [4.69, 9.17) is 0 Å². The average Bonchev–Trinajstić information content (AvgIpc) is 2.82. The van der Waals surface area contributed by atoms with E-state index < -0.39 is 0 Å². The summed E-state index contributed by atoms with van der Waals surface area (Å²) in [7, 11) is 0. The molecule has 4 nitrogen and oxygen atoms in total. The summed E-state index contributed by atoms with van der Waals surface area (Å²) in [6, 6.07) is 9.83. The number of aromatic nitrogens is 3. The van der Waals surface area contributed by atoms with Crippen LogP contribution < -0.4 is 5.32 Å². The SMILES string of the molecule is Cc1ccsc1CNc1nnc2ccccc2n1. The van der Waals surface area contributed by atoms with Crippen LogP contribution in [0.1, 0.15) is 10.4 Å². The minimum atomic E-state index is 0.571. The lowest BCUT2D eigenvalue weighted by atomic mass is 10.3. The Bertz CT molecular complexity index is 677. The Hall–Kier alpha value is -2.01. The number of hydrogen-bond donors (Lipinski definition) is 1. The first-order chi connectivity index (χ1) is 8.83. The van der Waals surface area contributed by atoms with Gasteiger partial charge in [0.15, 0.2) is 0 Å². The van der Waals surface area contributed by atoms with Crippen LogP contribution in [-0.4, -0.2) is 15.2 Å². The first-order valence-corrected chi connectivity index (χ1v) is 6.57. The second kappa shape index (κ2) is 4.70. The largest absolute Gasteiger partial charge is 0.348 e. The van der Waals surface area contributed by atoms with E-state index in [1.54, 1.807) is 11.3 Å². The molecular formula is C13H12N4S. The Morgan fingerprint density at radius 3 is 2.72 bits per heavy atom. The topological polar surface area (TPSA) is 50.7 Å². The normalized spacial score (nSPS) is 10.7. The van der Waals surface area contributed by atoms with Crippen molar-refractivity contribution < 1.29 is 0 Å². The van der Waals surface area contributed by atoms with Crippen LogP contribution in [0, 0.1) is 6.92 Å². The number of para-hydroxylation sites is 1. The van der Waals surface area contributed by atoms with Gasteiger partial charge in [-0.15, -0.1) is 21.5 Å². The Kier molecular flexibility index (Phi) is 2.90. The van der Waals surface area contributed by atoms with Gasteiger partial charge in [0.2, 0.25) is 5.95 Å². The Balaban J connectivity index is 1.81. The summed E-state index contributed by atoms with van der Waals surface area (Å²) < 4.78 is 0. The van der Waals surface area contributed by atoms with Crippen LogP contribution in [0.4, 0.5) is 5.95 Å². The molecule has 0 fully saturated rings. The van der Waals surface area contributed by atoms with Gasteiger partial charge in [-0.25, -0.2) is 4.98 Å². The van der Waals surface area contributed by atoms with Crippen molar-refractivity contribution in [3.63, 3.8) is 0 Å². The number of nitrogens with one attached hydrogen (secondary N) is 1. The number of thiophene rings is 1. The predicted octanol–water partition coefficient (Wildman–Crippen LogP) is 3.01. The van der Waals surface area contributed by atoms with Gasteiger partial charge in [-0.2, -0.15) is 0 Å². The molecule has 0 bridgehead atoms. The number of aryl methyl sites for hydroxylation is 1. The Morgan fingerprint density at radius 1 is 1.11 bits per heavy atom. The highest BCUT2D eigenvalue weighted by Crippen LogP contribution is 2.16. The van der Waals surface area contributed by atoms with Gasteiger partial charge in [0.25, 0.3) is 0 Å². The standard InChI is InChI=1S/C13H12N4S/c1-9-6-7-18-12(9)8-14-13-15-10-4-2-3-5-11(10)16-17-13/h2-7H,8H2,1H3,(H,14,15,17). The molecular weight excluding hydrogens is 244 g/mol. The van der Waals surface area contributed by atoms with E-state index in [0.717, 1.165) is 17.6 Å². The number of anilines is 1. The zero-order valence-corrected chi connectivity index (χ0v) is 10.7. The van der Waals surface area contributed by atoms with Crippen LogP contribution >= 0.6 is 11.3 Å². The molecule has 0 aliphatic carbocycles. The molecule has 0 atom stereocenters. The highest BCUT2D eigenvalue weighted by atomic mass is 32.1. The second-order valence-electron chi connectivity index (χ2n) is 4.00. The Labute approximate surface area is 109 Å². The summed E-state index contributed by atoms with van der Waals surface area (Å²) in [5, 5.41) is 13.5. The molecule has 2 heterocycles. The van der Waals surface area contributed by atoms with Crippen LogP contribution in [0.2, 0.25) is 0 Å². The molecule has 0 saturated heterocycles. The molecule has 0 amide bonds. The van der Waals surface area contributed by atoms with Crippen LogP contribution in [0.5, 0.6) is 0 Å². The third-order valence-electron chi connectivity index (χ3n) is 2.74. The fraction of sp³-hybridized carbons (Fsp3) is 0.154. The van der Waals surface area contributed by atoms with Crippen molar-refractivity contribution >= 4 is 28.3 Å². The zero-order chi connectivity index (χ0) is 12.4. The van der Waals surface area contributed by atoms with Gasteiger partial charge in [-0.3, -0.25) is 0 Å². The van der Waals surface area contributed by atoms with Gasteiger partial charge >= 0.3 is 0 Å². The minimum absolute atomic E-state index is 0.571. The number of nitrogens with zero attached hydrogens (tertiary/aromatic N) is 3. The molecule has 18 heavy (non-hydrogen) atoms. The highest BCUT2D eigenvalue weighted by Gasteiger charge is 2.03. The number of rotatable bonds is 3. The minimum Gasteiger partial charge on any atom is -0.348 e. The van der Waals surface area contributed by atoms with Gasteiger partial charge in [0, 0.05) is 4.88 Å². The highest BCUT2D eigenvalue weighted by molar-refractivity contribution is 7.10. The van der Waals surface area contributed by atoms with Gasteiger partial charge in [0.1, 0.15) is 5.52 Å². The Morgan fingerprint density at radius 2 is 1.94 bits per heavy atom. The molecule has 0 radical (unpaired) electrons. The monoisotopic (exact) mass is 256 g/mol. The molecule has 0 unspecified atom stereocenters. The van der Waals surface area contributed by atoms with Gasteiger partial charge < -0.3 is 5.32 Å². The molecule has 0 aliphatic rings. The third kappa shape index (κ3) is 2.17. The lowest BCUT2D eigenvalue weighted by Crippen LogP contribution is -2.04. The smallest absolute Gasteiger partial charge is 0.243 e. The van der Waals surface area contributed by atoms with Crippen LogP contribution in [0.25, 0.3) is 11.0 Å². The van der Waals surface area contributed by atoms with Crippen molar-refractivity contribution in [2.45, 2.75) is 13.5 Å². The first-order valence-electron chi connectivity index (χ1n) is 5.69. The maximum atomic E-state index is 4.42. The predicted molar refractivity (Wildman–Crippen MR) is 73.7 cm³/mol. The van der Waals surface area contributed by atoms with Crippen molar-refractivity contribution in [1.29, 1.82) is 0 Å². The summed E-state index contributed by atoms with van der Waals surface area (Å²) in [5.41, 5.74) is 2.97. The number of fused-ring (bicyclic) bond motifs is 1. The van der Waals surface area contributed by atoms with Crippen LogP contribution in [0.15, 0.2) is 35.7 Å². The summed E-state index contributed by atoms with van der Waals surface area (Å²) in [5.74, 6) is 0.571. The summed E-state index contributed by atoms with van der Waals surface area (Å²) >= 11 is 1.73. The molecule has 2 aromatic heterocycles. The fourth-order valence-electron chi connectivity index (χ4n) is 1.70. The van der Waals surface area contributed by atoms with Crippen molar-refractivity contribution in [2.75, 3.05) is 5.32 Å². The van der Waals surface area contributed by atoms with Gasteiger partial charge in [-0.1, -0.05) is 12.1 Å². The van der Waals surface area contributed by atoms with E-state index in [1.807, 2.05) is 24.3 Å². The number of benzene rings is 1. The number of hydrogen-bond acceptors (Lipinski definition) is 5. The molecule has 1 aromatic carbocycles. The maximum Gasteiger partial charge on any atom is 0.243 e. The van der Waals surface area contributed by atoms with E-state index in [0.29, 0.717) is 5.95 Å². The molecule has 0 saturated carbocycles. The maximum absolute atomic E-state index is 4.42. The van der Waals surface area contributed by atoms with E-state index in [2.05, 4.69) is 38.9 Å². The summed E-state index contributed by atoms with van der Waals surface area (Å²) in [6.07, 6.45) is 0. The van der Waals surface area contributed by atoms with Gasteiger partial charge in [0.05, 0.1) is 12.1 Å². The zero-order valence-electron chi connectivity index (χ0n) is 9.92. The molecule has 90 valence electrons. The fourth-order valence-corrected chi connectivity index (χ4v) is 2.55. The first kappa shape index (κ1) is 11.1. The van der Waals surface area contributed by atoms with Crippen molar-refractivity contribution in [3.8, 4) is 0 Å². The van der Waals surface area contributed by atoms with Crippen molar-refractivity contribution in [2.24, 2.45) is 0 Å². The molecule has 0 aliphatic heterocycles. The van der Waals surface area contributed by atoms with Crippen LogP contribution in [0.3, 0.4) is 0 Å². The third-order valence-corrected chi connectivity index (χ3v) is 3.76. The van der Waals surface area contributed by atoms with E-state index in [-0.39, 0.29) is 0 Å². The molecule has 3 aromatic rings. The van der Waals surface area contributed by atoms with Gasteiger partial charge in [-0.05, 0) is 36.1 Å². The van der Waals surface area contributed by atoms with Crippen molar-refractivity contribution in [1.82, 2.24) is 15.2 Å². The molecule has 3 rings (SSSR count). The summed E-state index contributed by atoms with van der Waals surface area (Å²) in [6.45, 7) is 2.84. The molecule has 1 N–H and O–H groups in total. The lowest BCUT2D eigenvalue weighted by Gasteiger charge is -2.04. The molecule has 5 heteroatoms. The van der Waals surface area contributed by atoms with Crippen LogP contribution in [-0.2, 0) is 6.54 Å².